The van der Waals surface area contributed by atoms with Crippen molar-refractivity contribution in [3.05, 3.63) is 99.0 Å². The van der Waals surface area contributed by atoms with E-state index in [0.29, 0.717) is 46.7 Å². The minimum absolute atomic E-state index is 0.223. The van der Waals surface area contributed by atoms with E-state index in [1.54, 1.807) is 80.3 Å². The van der Waals surface area contributed by atoms with Gasteiger partial charge in [0.15, 0.2) is 6.61 Å². The summed E-state index contributed by atoms with van der Waals surface area (Å²) in [5.41, 5.74) is 1.60. The first-order valence-electron chi connectivity index (χ1n) is 16.7. The molecule has 2 aliphatic rings. The summed E-state index contributed by atoms with van der Waals surface area (Å²) in [6.07, 6.45) is 4.15. The Hall–Kier alpha value is -3.64. The second-order valence-electron chi connectivity index (χ2n) is 13.8. The third-order valence-corrected chi connectivity index (χ3v) is 10.1. The van der Waals surface area contributed by atoms with Crippen LogP contribution in [0.25, 0.3) is 0 Å². The third-order valence-electron chi connectivity index (χ3n) is 8.82. The summed E-state index contributed by atoms with van der Waals surface area (Å²) in [7, 11) is -3.60. The monoisotopic (exact) mass is 743 g/mol. The van der Waals surface area contributed by atoms with Gasteiger partial charge < -0.3 is 19.7 Å². The highest BCUT2D eigenvalue weighted by Crippen LogP contribution is 2.48. The topological polar surface area (TPSA) is 131 Å². The number of nitrogens with one attached hydrogen (secondary N) is 2. The van der Waals surface area contributed by atoms with Crippen LogP contribution >= 0.6 is 23.2 Å². The molecule has 13 heteroatoms. The summed E-state index contributed by atoms with van der Waals surface area (Å²) in [6, 6.07) is 17.3. The van der Waals surface area contributed by atoms with Crippen molar-refractivity contribution in [2.45, 2.75) is 82.5 Å². The van der Waals surface area contributed by atoms with Crippen LogP contribution in [-0.4, -0.2) is 68.2 Å². The number of halogens is 2. The van der Waals surface area contributed by atoms with Crippen molar-refractivity contribution < 1.29 is 32.3 Å². The number of fused-ring (bicyclic) bond motifs is 1. The number of ether oxygens (including phenoxy) is 2. The molecule has 1 fully saturated rings. The predicted octanol–water partition coefficient (Wildman–Crippen LogP) is 6.21. The van der Waals surface area contributed by atoms with Gasteiger partial charge in [-0.05, 0) is 81.0 Å². The van der Waals surface area contributed by atoms with Crippen molar-refractivity contribution in [3.8, 4) is 5.75 Å². The van der Waals surface area contributed by atoms with Gasteiger partial charge in [-0.3, -0.25) is 9.59 Å². The molecule has 0 radical (unpaired) electrons. The van der Waals surface area contributed by atoms with Gasteiger partial charge in [-0.1, -0.05) is 78.5 Å². The first-order chi connectivity index (χ1) is 23.6. The van der Waals surface area contributed by atoms with Crippen molar-refractivity contribution in [2.75, 3.05) is 19.4 Å². The van der Waals surface area contributed by atoms with Crippen LogP contribution in [-0.2, 0) is 30.8 Å². The number of para-hydroxylation sites is 1. The zero-order chi connectivity index (χ0) is 36.2. The van der Waals surface area contributed by atoms with E-state index in [2.05, 4.69) is 10.0 Å². The molecule has 1 heterocycles. The van der Waals surface area contributed by atoms with Gasteiger partial charge in [0.05, 0.1) is 18.2 Å². The molecule has 1 aliphatic carbocycles. The SMILES string of the molecule is CC(C)(C)OC(=O)COc1ccccc1CCNC(=O)[C@@H]1c2ccccc2C(=O)N([C@H]2CCCC[C@@H]2NS(C)(=O)=O)[C@H]1c1ccc(Cl)cc1Cl. The average Bonchev–Trinajstić information content (AvgIpc) is 3.03. The average molecular weight is 745 g/mol. The lowest BCUT2D eigenvalue weighted by Gasteiger charge is -2.49. The lowest BCUT2D eigenvalue weighted by Crippen LogP contribution is -2.59. The molecule has 1 saturated carbocycles. The van der Waals surface area contributed by atoms with Crippen molar-refractivity contribution in [1.29, 1.82) is 0 Å². The smallest absolute Gasteiger partial charge is 0.344 e. The predicted molar refractivity (Wildman–Crippen MR) is 193 cm³/mol. The number of carbonyl (C=O) groups excluding carboxylic acids is 3. The highest BCUT2D eigenvalue weighted by atomic mass is 35.5. The van der Waals surface area contributed by atoms with Crippen molar-refractivity contribution in [1.82, 2.24) is 14.9 Å². The van der Waals surface area contributed by atoms with E-state index in [4.69, 9.17) is 32.7 Å². The van der Waals surface area contributed by atoms with Crippen LogP contribution < -0.4 is 14.8 Å². The van der Waals surface area contributed by atoms with Gasteiger partial charge in [0.25, 0.3) is 5.91 Å². The molecule has 0 unspecified atom stereocenters. The van der Waals surface area contributed by atoms with E-state index in [9.17, 15) is 22.8 Å². The van der Waals surface area contributed by atoms with Gasteiger partial charge in [-0.25, -0.2) is 17.9 Å². The Morgan fingerprint density at radius 2 is 1.66 bits per heavy atom. The molecule has 10 nitrogen and oxygen atoms in total. The Morgan fingerprint density at radius 3 is 2.38 bits per heavy atom. The fourth-order valence-electron chi connectivity index (χ4n) is 6.92. The van der Waals surface area contributed by atoms with E-state index in [1.165, 1.54) is 0 Å². The highest BCUT2D eigenvalue weighted by Gasteiger charge is 2.49. The van der Waals surface area contributed by atoms with Crippen LogP contribution in [0.1, 0.15) is 85.5 Å². The third kappa shape index (κ3) is 9.17. The maximum absolute atomic E-state index is 14.5. The van der Waals surface area contributed by atoms with Crippen LogP contribution in [0.5, 0.6) is 5.75 Å². The Bertz CT molecular complexity index is 1850. The number of nitrogens with zero attached hydrogens (tertiary/aromatic N) is 1. The van der Waals surface area contributed by atoms with Crippen LogP contribution in [0.15, 0.2) is 66.7 Å². The standard InChI is InChI=1S/C37H43Cl2N3O7S/c1-37(2,3)49-32(43)22-48-31-16-10-5-11-23(31)19-20-40-35(44)33-25-12-6-7-13-26(25)36(45)42(34(33)27-18-17-24(38)21-28(27)39)30-15-9-8-14-29(30)41-50(4,46)47/h5-7,10-13,16-18,21,29-30,33-34,41H,8-9,14-15,19-20,22H2,1-4H3,(H,40,44)/t29-,30-,33+,34-/m0/s1. The van der Waals surface area contributed by atoms with Crippen LogP contribution in [0.2, 0.25) is 10.0 Å². The first-order valence-corrected chi connectivity index (χ1v) is 19.3. The molecule has 3 aromatic carbocycles. The fraction of sp³-hybridized carbons (Fsp3) is 0.432. The molecule has 0 spiro atoms. The summed E-state index contributed by atoms with van der Waals surface area (Å²) in [4.78, 5) is 42.9. The van der Waals surface area contributed by atoms with E-state index >= 15 is 0 Å². The maximum atomic E-state index is 14.5. The molecule has 5 rings (SSSR count). The number of rotatable bonds is 11. The van der Waals surface area contributed by atoms with Crippen molar-refractivity contribution in [2.24, 2.45) is 0 Å². The summed E-state index contributed by atoms with van der Waals surface area (Å²) in [5.74, 6) is -1.51. The quantitative estimate of drug-likeness (QED) is 0.223. The minimum Gasteiger partial charge on any atom is -0.482 e. The molecule has 268 valence electrons. The second kappa shape index (κ2) is 15.7. The van der Waals surface area contributed by atoms with E-state index < -0.39 is 45.6 Å². The summed E-state index contributed by atoms with van der Waals surface area (Å²) < 4.78 is 38.8. The normalized spacial score (nSPS) is 20.9. The van der Waals surface area contributed by atoms with Gasteiger partial charge in [-0.2, -0.15) is 0 Å². The van der Waals surface area contributed by atoms with Gasteiger partial charge in [0, 0.05) is 34.2 Å². The van der Waals surface area contributed by atoms with Crippen LogP contribution in [0.4, 0.5) is 0 Å². The molecule has 3 aromatic rings. The largest absolute Gasteiger partial charge is 0.482 e. The molecular weight excluding hydrogens is 701 g/mol. The molecule has 1 aliphatic heterocycles. The van der Waals surface area contributed by atoms with Gasteiger partial charge in [0.2, 0.25) is 15.9 Å². The van der Waals surface area contributed by atoms with E-state index in [0.717, 1.165) is 24.7 Å². The zero-order valence-corrected chi connectivity index (χ0v) is 30.9. The minimum atomic E-state index is -3.60. The molecule has 4 atom stereocenters. The Balaban J connectivity index is 1.47. The first kappa shape index (κ1) is 37.6. The van der Waals surface area contributed by atoms with E-state index in [-0.39, 0.29) is 30.0 Å². The highest BCUT2D eigenvalue weighted by molar-refractivity contribution is 7.88. The molecule has 2 N–H and O–H groups in total. The van der Waals surface area contributed by atoms with E-state index in [1.807, 2.05) is 12.1 Å². The number of hydrogen-bond donors (Lipinski definition) is 2. The molecule has 0 aromatic heterocycles. The molecule has 0 bridgehead atoms. The number of sulfonamides is 1. The Labute approximate surface area is 303 Å². The van der Waals surface area contributed by atoms with Crippen LogP contribution in [0, 0.1) is 0 Å². The number of hydrogen-bond acceptors (Lipinski definition) is 7. The lowest BCUT2D eigenvalue weighted by molar-refractivity contribution is -0.157. The zero-order valence-electron chi connectivity index (χ0n) is 28.6. The van der Waals surface area contributed by atoms with Gasteiger partial charge in [-0.15, -0.1) is 0 Å². The molecule has 50 heavy (non-hydrogen) atoms. The number of benzene rings is 3. The Morgan fingerprint density at radius 1 is 0.960 bits per heavy atom. The fourth-order valence-corrected chi connectivity index (χ4v) is 8.26. The number of carbonyl (C=O) groups is 3. The second-order valence-corrected chi connectivity index (χ2v) is 16.4. The molecule has 0 saturated heterocycles. The summed E-state index contributed by atoms with van der Waals surface area (Å²) >= 11 is 13.1. The Kier molecular flexibility index (Phi) is 11.8. The summed E-state index contributed by atoms with van der Waals surface area (Å²) in [6.45, 7) is 5.32. The van der Waals surface area contributed by atoms with Crippen molar-refractivity contribution >= 4 is 51.0 Å². The van der Waals surface area contributed by atoms with Gasteiger partial charge >= 0.3 is 5.97 Å². The summed E-state index contributed by atoms with van der Waals surface area (Å²) in [5, 5.41) is 3.77. The van der Waals surface area contributed by atoms with Gasteiger partial charge in [0.1, 0.15) is 11.4 Å². The molecular formula is C37H43Cl2N3O7S. The maximum Gasteiger partial charge on any atom is 0.344 e. The lowest BCUT2D eigenvalue weighted by atomic mass is 9.76. The number of esters is 1. The number of amides is 2. The molecule has 2 amide bonds. The van der Waals surface area contributed by atoms with Crippen molar-refractivity contribution in [3.63, 3.8) is 0 Å². The van der Waals surface area contributed by atoms with Crippen LogP contribution in [0.3, 0.4) is 0 Å².